The lowest BCUT2D eigenvalue weighted by Crippen LogP contribution is -2.20. The minimum atomic E-state index is -0.458. The molecular formula is C18H18N2OS2. The fraction of sp³-hybridized carbons (Fsp3) is 0.278. The maximum absolute atomic E-state index is 10.7. The van der Waals surface area contributed by atoms with Gasteiger partial charge in [-0.25, -0.2) is 0 Å². The van der Waals surface area contributed by atoms with E-state index in [-0.39, 0.29) is 0 Å². The molecule has 23 heavy (non-hydrogen) atoms. The minimum Gasteiger partial charge on any atom is -0.388 e. The zero-order valence-corrected chi connectivity index (χ0v) is 14.4. The van der Waals surface area contributed by atoms with Gasteiger partial charge in [0.15, 0.2) is 5.17 Å². The van der Waals surface area contributed by atoms with Crippen LogP contribution in [0.25, 0.3) is 15.8 Å². The van der Waals surface area contributed by atoms with E-state index >= 15 is 0 Å². The van der Waals surface area contributed by atoms with Crippen molar-refractivity contribution >= 4 is 44.0 Å². The van der Waals surface area contributed by atoms with Gasteiger partial charge in [-0.15, -0.1) is 17.9 Å². The lowest BCUT2D eigenvalue weighted by atomic mass is 10.1. The molecule has 2 aliphatic rings. The Morgan fingerprint density at radius 3 is 3.13 bits per heavy atom. The van der Waals surface area contributed by atoms with E-state index in [2.05, 4.69) is 46.1 Å². The maximum atomic E-state index is 10.7. The summed E-state index contributed by atoms with van der Waals surface area (Å²) in [6.45, 7) is 5.50. The molecule has 0 bridgehead atoms. The van der Waals surface area contributed by atoms with Crippen molar-refractivity contribution in [2.45, 2.75) is 18.9 Å². The molecule has 118 valence electrons. The molecule has 0 fully saturated rings. The molecule has 1 aromatic carbocycles. The summed E-state index contributed by atoms with van der Waals surface area (Å²) in [5.74, 6) is 0. The molecule has 3 heterocycles. The second kappa shape index (κ2) is 6.15. The van der Waals surface area contributed by atoms with Crippen LogP contribution in [0, 0.1) is 0 Å². The first-order valence-electron chi connectivity index (χ1n) is 7.79. The number of thioether (sulfide) groups is 1. The minimum absolute atomic E-state index is 0.458. The number of thiophene rings is 1. The van der Waals surface area contributed by atoms with Gasteiger partial charge in [0.1, 0.15) is 0 Å². The van der Waals surface area contributed by atoms with Gasteiger partial charge in [0.05, 0.1) is 18.3 Å². The highest BCUT2D eigenvalue weighted by molar-refractivity contribution is 8.17. The van der Waals surface area contributed by atoms with Gasteiger partial charge in [-0.05, 0) is 18.9 Å². The van der Waals surface area contributed by atoms with E-state index in [1.54, 1.807) is 23.1 Å². The zero-order chi connectivity index (χ0) is 15.8. The number of aliphatic hydroxyl groups is 1. The third-order valence-corrected chi connectivity index (χ3v) is 6.37. The fourth-order valence-corrected chi connectivity index (χ4v) is 5.23. The largest absolute Gasteiger partial charge is 0.388 e. The van der Waals surface area contributed by atoms with Crippen LogP contribution in [0.5, 0.6) is 0 Å². The highest BCUT2D eigenvalue weighted by atomic mass is 32.2. The van der Waals surface area contributed by atoms with Crippen molar-refractivity contribution in [2.75, 3.05) is 13.1 Å². The Bertz CT molecular complexity index is 821. The van der Waals surface area contributed by atoms with Gasteiger partial charge >= 0.3 is 0 Å². The summed E-state index contributed by atoms with van der Waals surface area (Å²) in [5.41, 5.74) is 2.37. The van der Waals surface area contributed by atoms with E-state index in [1.165, 1.54) is 15.6 Å². The van der Waals surface area contributed by atoms with Gasteiger partial charge in [0.2, 0.25) is 0 Å². The SMILES string of the molecule is C=CCCC(O)C1=C(c2csc3ccccc23)N2CCN=C2S1. The molecule has 0 aliphatic carbocycles. The Kier molecular flexibility index (Phi) is 4.01. The number of nitrogens with zero attached hydrogens (tertiary/aromatic N) is 2. The van der Waals surface area contributed by atoms with Crippen LogP contribution in [-0.4, -0.2) is 34.4 Å². The first-order chi connectivity index (χ1) is 11.3. The summed E-state index contributed by atoms with van der Waals surface area (Å²) >= 11 is 3.39. The summed E-state index contributed by atoms with van der Waals surface area (Å²) in [7, 11) is 0. The first-order valence-corrected chi connectivity index (χ1v) is 9.49. The molecule has 1 atom stereocenters. The molecule has 5 heteroatoms. The molecule has 3 nitrogen and oxygen atoms in total. The molecule has 2 aromatic rings. The Hall–Kier alpha value is -1.56. The van der Waals surface area contributed by atoms with Crippen LogP contribution < -0.4 is 0 Å². The van der Waals surface area contributed by atoms with E-state index in [1.807, 2.05) is 6.08 Å². The Morgan fingerprint density at radius 1 is 1.39 bits per heavy atom. The predicted molar refractivity (Wildman–Crippen MR) is 101 cm³/mol. The monoisotopic (exact) mass is 342 g/mol. The summed E-state index contributed by atoms with van der Waals surface area (Å²) < 4.78 is 1.28. The Morgan fingerprint density at radius 2 is 2.26 bits per heavy atom. The summed E-state index contributed by atoms with van der Waals surface area (Å²) in [6, 6.07) is 8.47. The lowest BCUT2D eigenvalue weighted by molar-refractivity contribution is 0.210. The van der Waals surface area contributed by atoms with E-state index < -0.39 is 6.10 Å². The van der Waals surface area contributed by atoms with Crippen molar-refractivity contribution in [3.63, 3.8) is 0 Å². The number of benzene rings is 1. The van der Waals surface area contributed by atoms with E-state index in [9.17, 15) is 5.11 Å². The van der Waals surface area contributed by atoms with Crippen LogP contribution in [0.4, 0.5) is 0 Å². The standard InChI is InChI=1S/C18H18N2OS2/c1-2-3-7-14(21)17-16(20-10-9-19-18(20)23-17)13-11-22-15-8-5-4-6-12(13)15/h2,4-6,8,11,14,21H,1,3,7,9-10H2. The van der Waals surface area contributed by atoms with Gasteiger partial charge in [0, 0.05) is 32.5 Å². The number of hydrogen-bond donors (Lipinski definition) is 1. The average molecular weight is 342 g/mol. The van der Waals surface area contributed by atoms with Crippen LogP contribution in [0.15, 0.2) is 52.2 Å². The average Bonchev–Trinajstić information content (AvgIpc) is 3.25. The number of aliphatic hydroxyl groups excluding tert-OH is 1. The summed E-state index contributed by atoms with van der Waals surface area (Å²) in [4.78, 5) is 7.89. The molecule has 0 amide bonds. The third kappa shape index (κ3) is 2.53. The first kappa shape index (κ1) is 15.0. The number of fused-ring (bicyclic) bond motifs is 2. The van der Waals surface area contributed by atoms with Crippen molar-refractivity contribution in [1.29, 1.82) is 0 Å². The number of allylic oxidation sites excluding steroid dienone is 1. The zero-order valence-electron chi connectivity index (χ0n) is 12.7. The van der Waals surface area contributed by atoms with E-state index in [4.69, 9.17) is 0 Å². The Labute approximate surface area is 144 Å². The molecule has 2 aliphatic heterocycles. The predicted octanol–water partition coefficient (Wildman–Crippen LogP) is 4.32. The number of hydrogen-bond acceptors (Lipinski definition) is 5. The van der Waals surface area contributed by atoms with Crippen molar-refractivity contribution in [3.8, 4) is 0 Å². The molecule has 0 saturated carbocycles. The fourth-order valence-electron chi connectivity index (χ4n) is 3.07. The van der Waals surface area contributed by atoms with Gasteiger partial charge < -0.3 is 10.0 Å². The highest BCUT2D eigenvalue weighted by Crippen LogP contribution is 2.46. The van der Waals surface area contributed by atoms with Crippen LogP contribution in [0.2, 0.25) is 0 Å². The lowest BCUT2D eigenvalue weighted by Gasteiger charge is -2.18. The summed E-state index contributed by atoms with van der Waals surface area (Å²) in [6.07, 6.45) is 2.93. The van der Waals surface area contributed by atoms with Crippen LogP contribution >= 0.6 is 23.1 Å². The Balaban J connectivity index is 1.83. The highest BCUT2D eigenvalue weighted by Gasteiger charge is 2.36. The normalized spacial score (nSPS) is 18.5. The molecule has 0 spiro atoms. The van der Waals surface area contributed by atoms with Crippen LogP contribution in [0.1, 0.15) is 18.4 Å². The number of amidine groups is 1. The van der Waals surface area contributed by atoms with Gasteiger partial charge in [0.25, 0.3) is 0 Å². The quantitative estimate of drug-likeness (QED) is 0.822. The van der Waals surface area contributed by atoms with Gasteiger partial charge in [-0.3, -0.25) is 4.99 Å². The molecule has 4 rings (SSSR count). The van der Waals surface area contributed by atoms with Crippen molar-refractivity contribution in [1.82, 2.24) is 4.90 Å². The van der Waals surface area contributed by atoms with Crippen LogP contribution in [-0.2, 0) is 0 Å². The molecule has 1 unspecified atom stereocenters. The maximum Gasteiger partial charge on any atom is 0.168 e. The molecular weight excluding hydrogens is 324 g/mol. The third-order valence-electron chi connectivity index (χ3n) is 4.19. The van der Waals surface area contributed by atoms with Crippen molar-refractivity contribution in [3.05, 3.63) is 52.8 Å². The molecule has 0 saturated heterocycles. The summed E-state index contributed by atoms with van der Waals surface area (Å²) in [5, 5.41) is 15.2. The molecule has 1 aromatic heterocycles. The van der Waals surface area contributed by atoms with Gasteiger partial charge in [-0.2, -0.15) is 0 Å². The van der Waals surface area contributed by atoms with E-state index in [0.717, 1.165) is 35.3 Å². The topological polar surface area (TPSA) is 35.8 Å². The van der Waals surface area contributed by atoms with Crippen molar-refractivity contribution in [2.24, 2.45) is 4.99 Å². The molecule has 1 N–H and O–H groups in total. The number of rotatable bonds is 5. The van der Waals surface area contributed by atoms with Gasteiger partial charge in [-0.1, -0.05) is 36.0 Å². The number of aliphatic imine (C=N–C) groups is 1. The van der Waals surface area contributed by atoms with E-state index in [0.29, 0.717) is 6.42 Å². The molecule has 0 radical (unpaired) electrons. The van der Waals surface area contributed by atoms with Crippen LogP contribution in [0.3, 0.4) is 0 Å². The second-order valence-corrected chi connectivity index (χ2v) is 7.58. The second-order valence-electron chi connectivity index (χ2n) is 5.66. The van der Waals surface area contributed by atoms with Crippen molar-refractivity contribution < 1.29 is 5.11 Å². The smallest absolute Gasteiger partial charge is 0.168 e.